The Morgan fingerprint density at radius 3 is 1.95 bits per heavy atom. The third-order valence-corrected chi connectivity index (χ3v) is 4.82. The van der Waals surface area contributed by atoms with Gasteiger partial charge in [-0.25, -0.2) is 8.78 Å². The third-order valence-electron chi connectivity index (χ3n) is 4.82. The number of hydrogen-bond acceptors (Lipinski definition) is 1. The minimum atomic E-state index is -1.42. The van der Waals surface area contributed by atoms with Crippen LogP contribution in [0.1, 0.15) is 45.4 Å². The van der Waals surface area contributed by atoms with Crippen LogP contribution in [0.3, 0.4) is 0 Å². The zero-order valence-electron chi connectivity index (χ0n) is 11.9. The molecule has 2 fully saturated rings. The Balaban J connectivity index is 0.00000162. The first-order valence-corrected chi connectivity index (χ1v) is 6.94. The molecule has 4 N–H and O–H groups in total. The van der Waals surface area contributed by atoms with Crippen molar-refractivity contribution in [2.75, 3.05) is 7.11 Å². The van der Waals surface area contributed by atoms with Crippen molar-refractivity contribution in [1.29, 1.82) is 0 Å². The van der Waals surface area contributed by atoms with Gasteiger partial charge in [-0.05, 0) is 43.4 Å². The molecule has 4 unspecified atom stereocenters. The predicted octanol–water partition coefficient (Wildman–Crippen LogP) is 2.26. The maximum atomic E-state index is 14.1. The quantitative estimate of drug-likeness (QED) is 0.765. The molecule has 0 aliphatic heterocycles. The SMILES string of the molecule is COC1CCC(C2CCC(C)CC2)C(F)C1F.O.O. The zero-order valence-corrected chi connectivity index (χ0v) is 11.9. The fourth-order valence-corrected chi connectivity index (χ4v) is 3.57. The van der Waals surface area contributed by atoms with Crippen LogP contribution in [0, 0.1) is 17.8 Å². The van der Waals surface area contributed by atoms with Crippen LogP contribution in [0.4, 0.5) is 8.78 Å². The van der Waals surface area contributed by atoms with E-state index in [4.69, 9.17) is 4.74 Å². The van der Waals surface area contributed by atoms with Crippen LogP contribution in [-0.2, 0) is 4.74 Å². The van der Waals surface area contributed by atoms with Gasteiger partial charge >= 0.3 is 0 Å². The van der Waals surface area contributed by atoms with E-state index in [1.807, 2.05) is 0 Å². The average Bonchev–Trinajstić information content (AvgIpc) is 2.34. The van der Waals surface area contributed by atoms with Crippen LogP contribution in [-0.4, -0.2) is 36.5 Å². The van der Waals surface area contributed by atoms with Gasteiger partial charge in [-0.15, -0.1) is 0 Å². The molecular weight excluding hydrogens is 254 g/mol. The number of halogens is 2. The molecule has 0 bridgehead atoms. The molecule has 2 saturated carbocycles. The van der Waals surface area contributed by atoms with Gasteiger partial charge in [0.15, 0.2) is 6.17 Å². The number of alkyl halides is 2. The largest absolute Gasteiger partial charge is 0.412 e. The summed E-state index contributed by atoms with van der Waals surface area (Å²) < 4.78 is 32.9. The summed E-state index contributed by atoms with van der Waals surface area (Å²) in [6.07, 6.45) is 2.73. The van der Waals surface area contributed by atoms with E-state index in [0.717, 1.165) is 25.2 Å². The molecule has 0 heterocycles. The summed E-state index contributed by atoms with van der Waals surface area (Å²) in [7, 11) is 1.48. The van der Waals surface area contributed by atoms with Gasteiger partial charge in [0.2, 0.25) is 0 Å². The summed E-state index contributed by atoms with van der Waals surface area (Å²) in [5, 5.41) is 0. The van der Waals surface area contributed by atoms with E-state index in [-0.39, 0.29) is 16.9 Å². The van der Waals surface area contributed by atoms with Crippen molar-refractivity contribution in [2.45, 2.75) is 63.9 Å². The van der Waals surface area contributed by atoms with E-state index < -0.39 is 18.4 Å². The lowest BCUT2D eigenvalue weighted by atomic mass is 9.69. The second-order valence-electron chi connectivity index (χ2n) is 5.92. The first kappa shape index (κ1) is 18.7. The highest BCUT2D eigenvalue weighted by Gasteiger charge is 2.43. The van der Waals surface area contributed by atoms with Crippen molar-refractivity contribution in [1.82, 2.24) is 0 Å². The molecule has 0 amide bonds. The average molecular weight is 282 g/mol. The number of hydrogen-bond donors (Lipinski definition) is 0. The molecule has 116 valence electrons. The van der Waals surface area contributed by atoms with Crippen molar-refractivity contribution < 1.29 is 24.5 Å². The van der Waals surface area contributed by atoms with Crippen molar-refractivity contribution >= 4 is 0 Å². The number of methoxy groups -OCH3 is 1. The third kappa shape index (κ3) is 4.10. The maximum Gasteiger partial charge on any atom is 0.157 e. The van der Waals surface area contributed by atoms with Gasteiger partial charge in [0.1, 0.15) is 6.17 Å². The van der Waals surface area contributed by atoms with Gasteiger partial charge in [-0.1, -0.05) is 19.8 Å². The summed E-state index contributed by atoms with van der Waals surface area (Å²) in [4.78, 5) is 0. The maximum absolute atomic E-state index is 14.1. The van der Waals surface area contributed by atoms with Crippen LogP contribution in [0.25, 0.3) is 0 Å². The molecule has 0 aromatic heterocycles. The van der Waals surface area contributed by atoms with E-state index in [2.05, 4.69) is 6.92 Å². The summed E-state index contributed by atoms with van der Waals surface area (Å²) in [5.41, 5.74) is 0. The molecule has 2 aliphatic carbocycles. The molecule has 0 radical (unpaired) electrons. The first-order valence-electron chi connectivity index (χ1n) is 6.94. The molecule has 0 saturated heterocycles. The molecule has 5 heteroatoms. The Kier molecular flexibility index (Phi) is 8.01. The van der Waals surface area contributed by atoms with Crippen molar-refractivity contribution in [3.8, 4) is 0 Å². The normalized spacial score (nSPS) is 42.9. The highest BCUT2D eigenvalue weighted by Crippen LogP contribution is 2.42. The smallest absolute Gasteiger partial charge is 0.157 e. The summed E-state index contributed by atoms with van der Waals surface area (Å²) in [6, 6.07) is 0. The Morgan fingerprint density at radius 2 is 1.42 bits per heavy atom. The van der Waals surface area contributed by atoms with Gasteiger partial charge in [0.25, 0.3) is 0 Å². The molecule has 19 heavy (non-hydrogen) atoms. The zero-order chi connectivity index (χ0) is 12.4. The van der Waals surface area contributed by atoms with E-state index in [0.29, 0.717) is 12.3 Å². The van der Waals surface area contributed by atoms with Crippen LogP contribution in [0.2, 0.25) is 0 Å². The molecule has 3 nitrogen and oxygen atoms in total. The summed E-state index contributed by atoms with van der Waals surface area (Å²) in [5.74, 6) is 1.10. The molecule has 4 atom stereocenters. The van der Waals surface area contributed by atoms with Crippen LogP contribution in [0.5, 0.6) is 0 Å². The van der Waals surface area contributed by atoms with Crippen molar-refractivity contribution in [3.05, 3.63) is 0 Å². The highest BCUT2D eigenvalue weighted by molar-refractivity contribution is 4.92. The van der Waals surface area contributed by atoms with Crippen molar-refractivity contribution in [3.63, 3.8) is 0 Å². The molecule has 0 aromatic carbocycles. The van der Waals surface area contributed by atoms with Crippen LogP contribution in [0.15, 0.2) is 0 Å². The molecular formula is C14H28F2O3. The van der Waals surface area contributed by atoms with Gasteiger partial charge in [-0.3, -0.25) is 0 Å². The second-order valence-corrected chi connectivity index (χ2v) is 5.92. The van der Waals surface area contributed by atoms with E-state index in [1.54, 1.807) is 0 Å². The Labute approximate surface area is 114 Å². The first-order chi connectivity index (χ1) is 8.13. The Bertz CT molecular complexity index is 243. The molecule has 2 rings (SSSR count). The van der Waals surface area contributed by atoms with Gasteiger partial charge in [0.05, 0.1) is 6.10 Å². The predicted molar refractivity (Wildman–Crippen MR) is 71.7 cm³/mol. The molecule has 0 aromatic rings. The van der Waals surface area contributed by atoms with Crippen molar-refractivity contribution in [2.24, 2.45) is 17.8 Å². The monoisotopic (exact) mass is 282 g/mol. The lowest BCUT2D eigenvalue weighted by Crippen LogP contribution is -2.45. The van der Waals surface area contributed by atoms with Crippen LogP contribution >= 0.6 is 0 Å². The van der Waals surface area contributed by atoms with Gasteiger partial charge in [0, 0.05) is 7.11 Å². The minimum absolute atomic E-state index is 0. The topological polar surface area (TPSA) is 72.2 Å². The van der Waals surface area contributed by atoms with Gasteiger partial charge < -0.3 is 15.7 Å². The lowest BCUT2D eigenvalue weighted by molar-refractivity contribution is -0.0717. The highest BCUT2D eigenvalue weighted by atomic mass is 19.2. The fourth-order valence-electron chi connectivity index (χ4n) is 3.57. The standard InChI is InChI=1S/C14H24F2O.2H2O/c1-9-3-5-10(6-4-9)11-7-8-12(17-2)14(16)13(11)15;;/h9-14H,3-8H2,1-2H3;2*1H2. The van der Waals surface area contributed by atoms with Gasteiger partial charge in [-0.2, -0.15) is 0 Å². The molecule has 0 spiro atoms. The fraction of sp³-hybridized carbons (Fsp3) is 1.00. The van der Waals surface area contributed by atoms with E-state index >= 15 is 0 Å². The molecule has 2 aliphatic rings. The summed E-state index contributed by atoms with van der Waals surface area (Å²) >= 11 is 0. The summed E-state index contributed by atoms with van der Waals surface area (Å²) in [6.45, 7) is 2.25. The number of ether oxygens (including phenoxy) is 1. The van der Waals surface area contributed by atoms with Crippen LogP contribution < -0.4 is 0 Å². The van der Waals surface area contributed by atoms with E-state index in [9.17, 15) is 8.78 Å². The minimum Gasteiger partial charge on any atom is -0.412 e. The number of rotatable bonds is 2. The Morgan fingerprint density at radius 1 is 0.842 bits per heavy atom. The van der Waals surface area contributed by atoms with E-state index in [1.165, 1.54) is 20.0 Å². The Hall–Kier alpha value is -0.260. The lowest BCUT2D eigenvalue weighted by Gasteiger charge is -2.40. The second kappa shape index (κ2) is 8.12.